The Kier molecular flexibility index (Phi) is 161. The molecular weight excluding hydrogens is 925 g/mol. The van der Waals surface area contributed by atoms with Crippen LogP contribution in [0.2, 0.25) is 0 Å². The van der Waals surface area contributed by atoms with Gasteiger partial charge in [-0.05, 0) is 0 Å². The lowest BCUT2D eigenvalue weighted by Crippen LogP contribution is -2.35. The van der Waals surface area contributed by atoms with Crippen LogP contribution in [-0.2, 0) is 66.3 Å². The Morgan fingerprint density at radius 3 is 0.458 bits per heavy atom. The monoisotopic (exact) mass is 1080 g/mol. The van der Waals surface area contributed by atoms with Crippen molar-refractivity contribution in [2.24, 2.45) is 0 Å². The van der Waals surface area contributed by atoms with Crippen molar-refractivity contribution in [2.75, 3.05) is 198 Å². The van der Waals surface area contributed by atoms with E-state index in [1.807, 2.05) is 0 Å². The van der Waals surface area contributed by atoms with Crippen molar-refractivity contribution in [1.82, 2.24) is 9.80 Å². The summed E-state index contributed by atoms with van der Waals surface area (Å²) in [5, 5.41) is 0. The number of ether oxygens (including phenoxy) is 14. The SMILES string of the molecule is C.C.C.C.C.C.C.C.C.C.C.C.C.C.C.C.C.C.C.C.C.C.C(COCCN(CCOCCOCC1CO1)CCOCCOCC1CO1)OCCN(CCOCCOCC1CO1)CCOCCOCC1CO1. The molecule has 4 rings (SSSR count). The minimum Gasteiger partial charge on any atom is -0.378 e. The van der Waals surface area contributed by atoms with E-state index in [0.717, 1.165) is 65.7 Å². The Bertz CT molecular complexity index is 672. The molecule has 4 heterocycles. The minimum atomic E-state index is 0. The van der Waals surface area contributed by atoms with E-state index in [2.05, 4.69) is 9.80 Å². The molecule has 16 heteroatoms. The third kappa shape index (κ3) is 83.3. The van der Waals surface area contributed by atoms with Gasteiger partial charge in [-0.3, -0.25) is 9.80 Å². The van der Waals surface area contributed by atoms with E-state index in [-0.39, 0.29) is 188 Å². The third-order valence-electron chi connectivity index (χ3n) is 8.00. The Morgan fingerprint density at radius 1 is 0.208 bits per heavy atom. The highest BCUT2D eigenvalue weighted by atomic mass is 16.6. The minimum absolute atomic E-state index is 0. The van der Waals surface area contributed by atoms with Gasteiger partial charge in [0.15, 0.2) is 0 Å². The highest BCUT2D eigenvalue weighted by molar-refractivity contribution is 4.69. The van der Waals surface area contributed by atoms with Crippen molar-refractivity contribution < 1.29 is 66.3 Å². The summed E-state index contributed by atoms with van der Waals surface area (Å²) < 4.78 is 77.7. The molecule has 0 radical (unpaired) electrons. The van der Waals surface area contributed by atoms with Crippen LogP contribution in [-0.4, -0.2) is 232 Å². The molecule has 4 unspecified atom stereocenters. The van der Waals surface area contributed by atoms with Crippen molar-refractivity contribution >= 4 is 0 Å². The van der Waals surface area contributed by atoms with Crippen molar-refractivity contribution in [3.8, 4) is 0 Å². The molecule has 0 spiro atoms. The zero-order valence-electron chi connectivity index (χ0n) is 30.1. The lowest BCUT2D eigenvalue weighted by molar-refractivity contribution is 0.00171. The molecule has 0 aromatic carbocycles. The van der Waals surface area contributed by atoms with Crippen LogP contribution in [0, 0.1) is 0 Å². The van der Waals surface area contributed by atoms with Gasteiger partial charge in [0.05, 0.1) is 159 Å². The molecule has 4 atom stereocenters. The molecule has 0 amide bonds. The fraction of sp³-hybridized carbons (Fsp3) is 1.00. The van der Waals surface area contributed by atoms with Gasteiger partial charge in [0.1, 0.15) is 24.4 Å². The van der Waals surface area contributed by atoms with Gasteiger partial charge in [-0.25, -0.2) is 0 Å². The average Bonchev–Trinajstić information content (AvgIpc) is 3.92. The van der Waals surface area contributed by atoms with Crippen LogP contribution in [0.1, 0.15) is 163 Å². The molecule has 4 aliphatic rings. The number of rotatable bonds is 41. The molecule has 72 heavy (non-hydrogen) atoms. The maximum absolute atomic E-state index is 5.90. The second-order valence-electron chi connectivity index (χ2n) is 12.5. The second-order valence-corrected chi connectivity index (χ2v) is 12.5. The van der Waals surface area contributed by atoms with Gasteiger partial charge in [-0.2, -0.15) is 0 Å². The number of nitrogens with zero attached hydrogens (tertiary/aromatic N) is 2. The molecule has 4 saturated heterocycles. The van der Waals surface area contributed by atoms with Gasteiger partial charge in [0.2, 0.25) is 0 Å². The largest absolute Gasteiger partial charge is 0.378 e. The topological polar surface area (TPSA) is 149 Å². The standard InChI is InChI=1S/C34H64N2O14.22CH4/c1(35(3-9-39-15-19-43-23-31-27-47-31)4-10-40-16-20-44-24-32-28-48-32)7-37-13-14-38-8-2-36(5-11-41-17-21-45-25-33-29-49-33)6-12-42-18-22-46-26-34-30-50-34;;;;;;;;;;;;;;;;;;;;;;/h31-34H,1-30H2;22*1H4. The first-order chi connectivity index (χ1) is 24.8. The van der Waals surface area contributed by atoms with Crippen LogP contribution in [0.15, 0.2) is 0 Å². The van der Waals surface area contributed by atoms with E-state index in [1.165, 1.54) is 0 Å². The Labute approximate surface area is 460 Å². The van der Waals surface area contributed by atoms with Gasteiger partial charge in [0, 0.05) is 39.3 Å². The average molecular weight is 1080 g/mol. The van der Waals surface area contributed by atoms with E-state index in [4.69, 9.17) is 66.3 Å². The molecule has 0 N–H and O–H groups in total. The number of hydrogen-bond donors (Lipinski definition) is 0. The Balaban J connectivity index is -0.0000000751. The van der Waals surface area contributed by atoms with E-state index in [1.54, 1.807) is 0 Å². The summed E-state index contributed by atoms with van der Waals surface area (Å²) in [7, 11) is 0. The van der Waals surface area contributed by atoms with Crippen LogP contribution in [0.5, 0.6) is 0 Å². The van der Waals surface area contributed by atoms with Gasteiger partial charge >= 0.3 is 0 Å². The Morgan fingerprint density at radius 2 is 0.333 bits per heavy atom. The third-order valence-corrected chi connectivity index (χ3v) is 8.00. The molecule has 0 aromatic heterocycles. The highest BCUT2D eigenvalue weighted by Crippen LogP contribution is 2.10. The van der Waals surface area contributed by atoms with Gasteiger partial charge in [-0.15, -0.1) is 0 Å². The van der Waals surface area contributed by atoms with E-state index in [9.17, 15) is 0 Å². The maximum Gasteiger partial charge on any atom is 0.104 e. The van der Waals surface area contributed by atoms with Crippen molar-refractivity contribution in [3.05, 3.63) is 0 Å². The fourth-order valence-corrected chi connectivity index (χ4v) is 4.55. The molecule has 16 nitrogen and oxygen atoms in total. The molecule has 4 fully saturated rings. The zero-order chi connectivity index (χ0) is 34.6. The van der Waals surface area contributed by atoms with Gasteiger partial charge in [0.25, 0.3) is 0 Å². The smallest absolute Gasteiger partial charge is 0.104 e. The van der Waals surface area contributed by atoms with Crippen LogP contribution in [0.25, 0.3) is 0 Å². The van der Waals surface area contributed by atoms with Crippen molar-refractivity contribution in [1.29, 1.82) is 0 Å². The van der Waals surface area contributed by atoms with Gasteiger partial charge in [-0.1, -0.05) is 163 Å². The van der Waals surface area contributed by atoms with E-state index in [0.29, 0.717) is 132 Å². The van der Waals surface area contributed by atoms with Crippen molar-refractivity contribution in [3.63, 3.8) is 0 Å². The quantitative estimate of drug-likeness (QED) is 0.0422. The lowest BCUT2D eigenvalue weighted by Gasteiger charge is -2.23. The maximum atomic E-state index is 5.90. The van der Waals surface area contributed by atoms with Crippen LogP contribution in [0.3, 0.4) is 0 Å². The van der Waals surface area contributed by atoms with Crippen LogP contribution in [0.4, 0.5) is 0 Å². The number of hydrogen-bond acceptors (Lipinski definition) is 16. The lowest BCUT2D eigenvalue weighted by atomic mass is 10.4. The summed E-state index contributed by atoms with van der Waals surface area (Å²) in [5.74, 6) is 0. The summed E-state index contributed by atoms with van der Waals surface area (Å²) >= 11 is 0. The molecule has 0 aromatic rings. The predicted octanol–water partition coefficient (Wildman–Crippen LogP) is 13.3. The molecule has 0 bridgehead atoms. The fourth-order valence-electron chi connectivity index (χ4n) is 4.55. The first-order valence-electron chi connectivity index (χ1n) is 18.5. The molecular formula is C56H152N2O14. The Hall–Kier alpha value is -0.640. The molecule has 4 aliphatic heterocycles. The van der Waals surface area contributed by atoms with E-state index >= 15 is 0 Å². The van der Waals surface area contributed by atoms with Crippen LogP contribution < -0.4 is 0 Å². The van der Waals surface area contributed by atoms with Crippen LogP contribution >= 0.6 is 0 Å². The molecule has 0 aliphatic carbocycles. The summed E-state index contributed by atoms with van der Waals surface area (Å²) in [6.07, 6.45) is 1.11. The highest BCUT2D eigenvalue weighted by Gasteiger charge is 2.24. The summed E-state index contributed by atoms with van der Waals surface area (Å²) in [5.41, 5.74) is 0. The van der Waals surface area contributed by atoms with E-state index < -0.39 is 0 Å². The normalized spacial score (nSPS) is 15.4. The summed E-state index contributed by atoms with van der Waals surface area (Å²) in [6.45, 7) is 19.9. The predicted molar refractivity (Wildman–Crippen MR) is 328 cm³/mol. The first kappa shape index (κ1) is 129. The molecule has 470 valence electrons. The summed E-state index contributed by atoms with van der Waals surface area (Å²) in [6, 6.07) is 0. The summed E-state index contributed by atoms with van der Waals surface area (Å²) in [4.78, 5) is 4.59. The van der Waals surface area contributed by atoms with Gasteiger partial charge < -0.3 is 66.3 Å². The van der Waals surface area contributed by atoms with Crippen molar-refractivity contribution in [2.45, 2.75) is 188 Å². The number of epoxide rings is 4. The zero-order valence-corrected chi connectivity index (χ0v) is 30.1. The second kappa shape index (κ2) is 89.9. The first-order valence-corrected chi connectivity index (χ1v) is 18.5. The molecule has 0 saturated carbocycles.